The van der Waals surface area contributed by atoms with Gasteiger partial charge >= 0.3 is 0 Å². The largest absolute Gasteiger partial charge is 0.495 e. The Labute approximate surface area is 304 Å². The van der Waals surface area contributed by atoms with Gasteiger partial charge in [-0.1, -0.05) is 60.1 Å². The lowest BCUT2D eigenvalue weighted by Gasteiger charge is -2.18. The summed E-state index contributed by atoms with van der Waals surface area (Å²) in [6.07, 6.45) is 5.98. The summed E-state index contributed by atoms with van der Waals surface area (Å²) in [4.78, 5) is 50.1. The van der Waals surface area contributed by atoms with E-state index in [1.54, 1.807) is 72.9 Å². The van der Waals surface area contributed by atoms with E-state index in [0.29, 0.717) is 34.6 Å². The smallest absolute Gasteiger partial charge is 0.260 e. The number of amides is 2. The van der Waals surface area contributed by atoms with Gasteiger partial charge in [-0.25, -0.2) is 4.98 Å². The molecule has 2 heterocycles. The Balaban J connectivity index is 1.60. The van der Waals surface area contributed by atoms with Crippen molar-refractivity contribution in [3.63, 3.8) is 0 Å². The number of fused-ring (bicyclic) bond motifs is 1. The lowest BCUT2D eigenvalue weighted by Crippen LogP contribution is -2.24. The number of hydrogen-bond acceptors (Lipinski definition) is 9. The van der Waals surface area contributed by atoms with Crippen molar-refractivity contribution in [3.8, 4) is 22.6 Å². The van der Waals surface area contributed by atoms with E-state index < -0.39 is 5.56 Å². The molecule has 0 spiro atoms. The van der Waals surface area contributed by atoms with Crippen LogP contribution in [0, 0.1) is 0 Å². The molecule has 5 aromatic rings. The molecule has 0 bridgehead atoms. The SMILES string of the molecule is C=CC(=O)Nc1ccccc1Nc1ncc2cc(-c3c(Cl)c(OC)cc(OC)c3Cl)c(=O)n(Cc3ccc(NC(=O)/C=C/CN(C)C)cc3)c2n1. The predicted molar refractivity (Wildman–Crippen MR) is 203 cm³/mol. The van der Waals surface area contributed by atoms with E-state index in [1.807, 2.05) is 19.0 Å². The van der Waals surface area contributed by atoms with Gasteiger partial charge < -0.3 is 30.3 Å². The number of methoxy groups -OCH3 is 2. The van der Waals surface area contributed by atoms with Gasteiger partial charge in [0.1, 0.15) is 17.1 Å². The first-order valence-electron chi connectivity index (χ1n) is 15.5. The summed E-state index contributed by atoms with van der Waals surface area (Å²) in [7, 11) is 6.73. The molecule has 2 amide bonds. The van der Waals surface area contributed by atoms with Crippen LogP contribution in [0.4, 0.5) is 23.0 Å². The first-order chi connectivity index (χ1) is 24.5. The molecule has 0 aliphatic heterocycles. The van der Waals surface area contributed by atoms with Crippen molar-refractivity contribution < 1.29 is 19.1 Å². The van der Waals surface area contributed by atoms with Crippen LogP contribution in [0.3, 0.4) is 0 Å². The topological polar surface area (TPSA) is 140 Å². The van der Waals surface area contributed by atoms with E-state index in [4.69, 9.17) is 37.7 Å². The van der Waals surface area contributed by atoms with E-state index in [0.717, 1.165) is 5.56 Å². The number of halogens is 2. The van der Waals surface area contributed by atoms with Crippen LogP contribution in [0.1, 0.15) is 5.56 Å². The van der Waals surface area contributed by atoms with Crippen molar-refractivity contribution in [2.75, 3.05) is 50.8 Å². The summed E-state index contributed by atoms with van der Waals surface area (Å²) >= 11 is 13.5. The van der Waals surface area contributed by atoms with Crippen LogP contribution in [-0.4, -0.2) is 66.1 Å². The summed E-state index contributed by atoms with van der Waals surface area (Å²) in [5.41, 5.74) is 2.58. The van der Waals surface area contributed by atoms with Gasteiger partial charge in [0.2, 0.25) is 17.8 Å². The Morgan fingerprint density at radius 1 is 0.941 bits per heavy atom. The molecule has 0 saturated carbocycles. The highest BCUT2D eigenvalue weighted by Gasteiger charge is 2.23. The number of pyridine rings is 1. The minimum atomic E-state index is -0.451. The molecule has 0 radical (unpaired) electrons. The normalized spacial score (nSPS) is 11.1. The average molecular weight is 729 g/mol. The van der Waals surface area contributed by atoms with Crippen LogP contribution >= 0.6 is 23.2 Å². The number of nitrogens with zero attached hydrogens (tertiary/aromatic N) is 4. The summed E-state index contributed by atoms with van der Waals surface area (Å²) in [5.74, 6) is 0.0628. The lowest BCUT2D eigenvalue weighted by atomic mass is 10.0. The Hall–Kier alpha value is -5.69. The quantitative estimate of drug-likeness (QED) is 0.112. The first kappa shape index (κ1) is 36.6. The zero-order chi connectivity index (χ0) is 36.7. The van der Waals surface area contributed by atoms with E-state index in [-0.39, 0.29) is 57.0 Å². The third-order valence-electron chi connectivity index (χ3n) is 7.59. The molecule has 2 aromatic heterocycles. The molecule has 0 saturated heterocycles. The molecule has 12 nitrogen and oxygen atoms in total. The molecule has 0 unspecified atom stereocenters. The molecule has 262 valence electrons. The third kappa shape index (κ3) is 8.55. The second-order valence-electron chi connectivity index (χ2n) is 11.4. The van der Waals surface area contributed by atoms with E-state index >= 15 is 0 Å². The second-order valence-corrected chi connectivity index (χ2v) is 12.2. The van der Waals surface area contributed by atoms with Crippen molar-refractivity contribution in [3.05, 3.63) is 118 Å². The van der Waals surface area contributed by atoms with Crippen LogP contribution in [0.25, 0.3) is 22.2 Å². The van der Waals surface area contributed by atoms with Crippen molar-refractivity contribution >= 4 is 69.1 Å². The lowest BCUT2D eigenvalue weighted by molar-refractivity contribution is -0.112. The zero-order valence-electron chi connectivity index (χ0n) is 28.3. The van der Waals surface area contributed by atoms with Crippen LogP contribution in [-0.2, 0) is 16.1 Å². The summed E-state index contributed by atoms with van der Waals surface area (Å²) in [5, 5.41) is 9.48. The van der Waals surface area contributed by atoms with Crippen LogP contribution in [0.2, 0.25) is 10.0 Å². The number of carbonyl (C=O) groups is 2. The molecule has 0 aliphatic rings. The van der Waals surface area contributed by atoms with Gasteiger partial charge in [0.15, 0.2) is 0 Å². The number of benzene rings is 3. The van der Waals surface area contributed by atoms with E-state index in [2.05, 4.69) is 27.5 Å². The molecule has 14 heteroatoms. The Bertz CT molecular complexity index is 2170. The molecule has 5 rings (SSSR count). The Morgan fingerprint density at radius 3 is 2.24 bits per heavy atom. The van der Waals surface area contributed by atoms with Gasteiger partial charge in [0.05, 0.1) is 47.7 Å². The molecule has 0 fully saturated rings. The third-order valence-corrected chi connectivity index (χ3v) is 8.34. The summed E-state index contributed by atoms with van der Waals surface area (Å²) in [6, 6.07) is 17.3. The maximum absolute atomic E-state index is 14.5. The summed E-state index contributed by atoms with van der Waals surface area (Å²) in [6.45, 7) is 4.22. The van der Waals surface area contributed by atoms with Crippen LogP contribution in [0.5, 0.6) is 11.5 Å². The van der Waals surface area contributed by atoms with Crippen molar-refractivity contribution in [1.82, 2.24) is 19.4 Å². The Morgan fingerprint density at radius 2 is 1.61 bits per heavy atom. The van der Waals surface area contributed by atoms with Crippen molar-refractivity contribution in [2.45, 2.75) is 6.54 Å². The molecule has 0 aliphatic carbocycles. The average Bonchev–Trinajstić information content (AvgIpc) is 3.11. The van der Waals surface area contributed by atoms with Gasteiger partial charge in [0.25, 0.3) is 5.56 Å². The van der Waals surface area contributed by atoms with Crippen molar-refractivity contribution in [1.29, 1.82) is 0 Å². The summed E-state index contributed by atoms with van der Waals surface area (Å²) < 4.78 is 12.4. The molecular weight excluding hydrogens is 693 g/mol. The molecule has 0 atom stereocenters. The highest BCUT2D eigenvalue weighted by atomic mass is 35.5. The Kier molecular flexibility index (Phi) is 11.7. The van der Waals surface area contributed by atoms with Crippen LogP contribution in [0.15, 0.2) is 96.5 Å². The van der Waals surface area contributed by atoms with Gasteiger partial charge in [-0.05, 0) is 56.1 Å². The fourth-order valence-electron chi connectivity index (χ4n) is 5.10. The molecular formula is C37H35Cl2N7O5. The minimum absolute atomic E-state index is 0.0823. The van der Waals surface area contributed by atoms with E-state index in [1.165, 1.54) is 30.9 Å². The fraction of sp³-hybridized carbons (Fsp3) is 0.162. The van der Waals surface area contributed by atoms with Crippen molar-refractivity contribution in [2.24, 2.45) is 0 Å². The number of carbonyl (C=O) groups excluding carboxylic acids is 2. The predicted octanol–water partition coefficient (Wildman–Crippen LogP) is 6.76. The van der Waals surface area contributed by atoms with Gasteiger partial charge in [-0.2, -0.15) is 4.98 Å². The number of aromatic nitrogens is 3. The van der Waals surface area contributed by atoms with E-state index in [9.17, 15) is 14.4 Å². The molecule has 3 N–H and O–H groups in total. The standard InChI is InChI=1S/C37H35Cl2N7O5/c1-6-30(47)42-26-10-7-8-11-27(26)43-37-40-20-23-18-25(32-33(38)28(50-4)19-29(51-5)34(32)39)36(49)46(35(23)44-37)21-22-13-15-24(16-14-22)41-31(48)12-9-17-45(2)3/h6-16,18-20H,1,17,21H2,2-5H3,(H,41,48)(H,42,47)(H,40,43,44)/b12-9+. The number of ether oxygens (including phenoxy) is 2. The maximum Gasteiger partial charge on any atom is 0.260 e. The molecule has 51 heavy (non-hydrogen) atoms. The maximum atomic E-state index is 14.5. The molecule has 3 aromatic carbocycles. The number of para-hydroxylation sites is 2. The number of anilines is 4. The minimum Gasteiger partial charge on any atom is -0.495 e. The fourth-order valence-corrected chi connectivity index (χ4v) is 5.81. The number of rotatable bonds is 13. The second kappa shape index (κ2) is 16.3. The number of likely N-dealkylation sites (N-methyl/N-ethyl adjacent to an activating group) is 1. The number of hydrogen-bond donors (Lipinski definition) is 3. The first-order valence-corrected chi connectivity index (χ1v) is 16.3. The van der Waals surface area contributed by atoms with Crippen LogP contribution < -0.4 is 31.0 Å². The number of nitrogens with one attached hydrogen (secondary N) is 3. The van der Waals surface area contributed by atoms with Gasteiger partial charge in [-0.15, -0.1) is 0 Å². The monoisotopic (exact) mass is 727 g/mol. The highest BCUT2D eigenvalue weighted by molar-refractivity contribution is 6.41. The van der Waals surface area contributed by atoms with Gasteiger partial charge in [0, 0.05) is 41.5 Å². The zero-order valence-corrected chi connectivity index (χ0v) is 29.8. The highest BCUT2D eigenvalue weighted by Crippen LogP contribution is 2.45. The van der Waals surface area contributed by atoms with Gasteiger partial charge in [-0.3, -0.25) is 19.0 Å².